The van der Waals surface area contributed by atoms with Crippen LogP contribution in [0.15, 0.2) is 4.79 Å². The summed E-state index contributed by atoms with van der Waals surface area (Å²) in [7, 11) is 1.63. The van der Waals surface area contributed by atoms with Crippen LogP contribution >= 0.6 is 12.2 Å². The van der Waals surface area contributed by atoms with Gasteiger partial charge in [0.15, 0.2) is 4.77 Å². The van der Waals surface area contributed by atoms with E-state index in [2.05, 4.69) is 10.2 Å². The molecule has 0 aliphatic heterocycles. The van der Waals surface area contributed by atoms with Crippen LogP contribution in [0.3, 0.4) is 0 Å². The fourth-order valence-electron chi connectivity index (χ4n) is 1.14. The second kappa shape index (κ2) is 4.38. The second-order valence-electron chi connectivity index (χ2n) is 2.86. The van der Waals surface area contributed by atoms with Gasteiger partial charge >= 0.3 is 5.69 Å². The Morgan fingerprint density at radius 3 is 2.77 bits per heavy atom. The molecule has 74 valence electrons. The summed E-state index contributed by atoms with van der Waals surface area (Å²) >= 11 is 4.93. The van der Waals surface area contributed by atoms with Crippen molar-refractivity contribution >= 4 is 12.2 Å². The maximum absolute atomic E-state index is 11.2. The number of aromatic nitrogens is 3. The zero-order valence-corrected chi connectivity index (χ0v) is 8.48. The molecule has 1 rings (SSSR count). The zero-order chi connectivity index (χ0) is 9.84. The lowest BCUT2D eigenvalue weighted by molar-refractivity contribution is 0.180. The lowest BCUT2D eigenvalue weighted by Crippen LogP contribution is -2.21. The highest BCUT2D eigenvalue weighted by atomic mass is 32.1. The number of hydrogen-bond acceptors (Lipinski definition) is 3. The van der Waals surface area contributed by atoms with Crippen LogP contribution in [0, 0.1) is 4.77 Å². The number of nitrogens with one attached hydrogen (secondary N) is 2. The van der Waals surface area contributed by atoms with Crippen molar-refractivity contribution < 1.29 is 4.74 Å². The Bertz CT molecular complexity index is 337. The minimum Gasteiger partial charge on any atom is -0.385 e. The lowest BCUT2D eigenvalue weighted by Gasteiger charge is -2.09. The Balaban J connectivity index is 2.82. The minimum atomic E-state index is -0.200. The van der Waals surface area contributed by atoms with Crippen molar-refractivity contribution in [3.63, 3.8) is 0 Å². The first-order chi connectivity index (χ1) is 6.16. The molecule has 0 fully saturated rings. The van der Waals surface area contributed by atoms with Crippen LogP contribution in [0.4, 0.5) is 0 Å². The van der Waals surface area contributed by atoms with Crippen molar-refractivity contribution in [2.24, 2.45) is 0 Å². The molecule has 0 aliphatic carbocycles. The van der Waals surface area contributed by atoms with E-state index >= 15 is 0 Å². The summed E-state index contributed by atoms with van der Waals surface area (Å²) < 4.78 is 6.85. The number of aromatic amines is 2. The molecule has 6 heteroatoms. The predicted molar refractivity (Wildman–Crippen MR) is 51.4 cm³/mol. The van der Waals surface area contributed by atoms with Gasteiger partial charge < -0.3 is 4.74 Å². The molecule has 1 atom stereocenters. The summed E-state index contributed by atoms with van der Waals surface area (Å²) in [6.07, 6.45) is 0.770. The van der Waals surface area contributed by atoms with E-state index in [4.69, 9.17) is 17.0 Å². The van der Waals surface area contributed by atoms with Crippen molar-refractivity contribution in [1.82, 2.24) is 14.8 Å². The molecule has 0 aliphatic rings. The van der Waals surface area contributed by atoms with Crippen LogP contribution in [-0.4, -0.2) is 28.5 Å². The van der Waals surface area contributed by atoms with Gasteiger partial charge in [-0.15, -0.1) is 0 Å². The van der Waals surface area contributed by atoms with Gasteiger partial charge in [0.2, 0.25) is 0 Å². The minimum absolute atomic E-state index is 0.0578. The van der Waals surface area contributed by atoms with E-state index in [1.54, 1.807) is 7.11 Å². The molecule has 0 spiro atoms. The maximum Gasteiger partial charge on any atom is 0.342 e. The standard InChI is InChI=1S/C7H13N3O2S/c1-5(3-4-12-2)10-6(11)8-9-7(10)13/h5H,3-4H2,1-2H3,(H,8,11)(H,9,13). The predicted octanol–water partition coefficient (Wildman–Crippen LogP) is 0.831. The van der Waals surface area contributed by atoms with Gasteiger partial charge in [-0.25, -0.2) is 9.89 Å². The molecule has 2 N–H and O–H groups in total. The summed E-state index contributed by atoms with van der Waals surface area (Å²) in [6, 6.07) is 0.0578. The summed E-state index contributed by atoms with van der Waals surface area (Å²) in [5.74, 6) is 0. The summed E-state index contributed by atoms with van der Waals surface area (Å²) in [6.45, 7) is 2.55. The maximum atomic E-state index is 11.2. The number of rotatable bonds is 4. The van der Waals surface area contributed by atoms with Crippen LogP contribution in [0.1, 0.15) is 19.4 Å². The summed E-state index contributed by atoms with van der Waals surface area (Å²) in [4.78, 5) is 11.2. The van der Waals surface area contributed by atoms with Crippen molar-refractivity contribution in [3.05, 3.63) is 15.3 Å². The van der Waals surface area contributed by atoms with Crippen LogP contribution in [0.25, 0.3) is 0 Å². The quantitative estimate of drug-likeness (QED) is 0.712. The lowest BCUT2D eigenvalue weighted by atomic mass is 10.2. The fraction of sp³-hybridized carbons (Fsp3) is 0.714. The van der Waals surface area contributed by atoms with Crippen LogP contribution in [0.2, 0.25) is 0 Å². The van der Waals surface area contributed by atoms with Crippen LogP contribution < -0.4 is 5.69 Å². The van der Waals surface area contributed by atoms with E-state index in [-0.39, 0.29) is 11.7 Å². The van der Waals surface area contributed by atoms with Crippen LogP contribution in [0.5, 0.6) is 0 Å². The monoisotopic (exact) mass is 203 g/mol. The highest BCUT2D eigenvalue weighted by Gasteiger charge is 2.08. The molecular formula is C7H13N3O2S. The first-order valence-corrected chi connectivity index (χ1v) is 4.45. The van der Waals surface area contributed by atoms with E-state index in [0.717, 1.165) is 6.42 Å². The smallest absolute Gasteiger partial charge is 0.342 e. The second-order valence-corrected chi connectivity index (χ2v) is 3.25. The molecule has 1 unspecified atom stereocenters. The molecular weight excluding hydrogens is 190 g/mol. The molecule has 0 bridgehead atoms. The molecule has 13 heavy (non-hydrogen) atoms. The third-order valence-electron chi connectivity index (χ3n) is 1.89. The van der Waals surface area contributed by atoms with Crippen LogP contribution in [-0.2, 0) is 4.74 Å². The van der Waals surface area contributed by atoms with Crippen molar-refractivity contribution in [1.29, 1.82) is 0 Å². The molecule has 0 saturated heterocycles. The van der Waals surface area contributed by atoms with Gasteiger partial charge in [0.05, 0.1) is 0 Å². The molecule has 1 aromatic rings. The van der Waals surface area contributed by atoms with Gasteiger partial charge in [-0.2, -0.15) is 0 Å². The molecule has 0 saturated carbocycles. The normalized spacial score (nSPS) is 13.1. The summed E-state index contributed by atoms with van der Waals surface area (Å²) in [5, 5.41) is 5.03. The Kier molecular flexibility index (Phi) is 3.44. The number of hydrogen-bond donors (Lipinski definition) is 2. The number of ether oxygens (including phenoxy) is 1. The molecule has 0 amide bonds. The van der Waals surface area contributed by atoms with Gasteiger partial charge in [0.25, 0.3) is 0 Å². The Labute approximate surface area is 80.7 Å². The van der Waals surface area contributed by atoms with Crippen molar-refractivity contribution in [3.8, 4) is 0 Å². The number of nitrogens with zero attached hydrogens (tertiary/aromatic N) is 1. The first kappa shape index (κ1) is 10.2. The van der Waals surface area contributed by atoms with Gasteiger partial charge in [-0.3, -0.25) is 9.67 Å². The van der Waals surface area contributed by atoms with Crippen molar-refractivity contribution in [2.75, 3.05) is 13.7 Å². The zero-order valence-electron chi connectivity index (χ0n) is 7.66. The van der Waals surface area contributed by atoms with Gasteiger partial charge in [0, 0.05) is 19.8 Å². The SMILES string of the molecule is COCCC(C)n1c(=O)[nH][nH]c1=S. The van der Waals surface area contributed by atoms with E-state index in [1.165, 1.54) is 4.57 Å². The van der Waals surface area contributed by atoms with E-state index in [1.807, 2.05) is 6.92 Å². The van der Waals surface area contributed by atoms with Gasteiger partial charge in [-0.05, 0) is 25.6 Å². The number of H-pyrrole nitrogens is 2. The third-order valence-corrected chi connectivity index (χ3v) is 2.19. The fourth-order valence-corrected chi connectivity index (χ4v) is 1.45. The summed E-state index contributed by atoms with van der Waals surface area (Å²) in [5.41, 5.74) is -0.200. The molecule has 1 heterocycles. The first-order valence-electron chi connectivity index (χ1n) is 4.05. The Morgan fingerprint density at radius 2 is 2.31 bits per heavy atom. The molecule has 5 nitrogen and oxygen atoms in total. The van der Waals surface area contributed by atoms with E-state index < -0.39 is 0 Å². The Morgan fingerprint density at radius 1 is 1.62 bits per heavy atom. The number of methoxy groups -OCH3 is 1. The van der Waals surface area contributed by atoms with Crippen molar-refractivity contribution in [2.45, 2.75) is 19.4 Å². The van der Waals surface area contributed by atoms with Gasteiger partial charge in [0.1, 0.15) is 0 Å². The van der Waals surface area contributed by atoms with Gasteiger partial charge in [-0.1, -0.05) is 0 Å². The Hall–Kier alpha value is -0.880. The highest BCUT2D eigenvalue weighted by Crippen LogP contribution is 2.06. The van der Waals surface area contributed by atoms with E-state index in [0.29, 0.717) is 11.4 Å². The average Bonchev–Trinajstić information content (AvgIpc) is 2.42. The average molecular weight is 203 g/mol. The largest absolute Gasteiger partial charge is 0.385 e. The highest BCUT2D eigenvalue weighted by molar-refractivity contribution is 7.71. The van der Waals surface area contributed by atoms with E-state index in [9.17, 15) is 4.79 Å². The molecule has 1 aromatic heterocycles. The third kappa shape index (κ3) is 2.28. The molecule has 0 aromatic carbocycles. The molecule has 0 radical (unpaired) electrons. The topological polar surface area (TPSA) is 62.8 Å².